The summed E-state index contributed by atoms with van der Waals surface area (Å²) in [6, 6.07) is 9.99. The van der Waals surface area contributed by atoms with Crippen molar-refractivity contribution in [2.75, 3.05) is 11.9 Å². The predicted octanol–water partition coefficient (Wildman–Crippen LogP) is 6.00. The molecule has 0 aliphatic carbocycles. The maximum Gasteiger partial charge on any atom is 0.320 e. The van der Waals surface area contributed by atoms with Crippen LogP contribution in [0.15, 0.2) is 42.6 Å². The molecule has 4 aromatic rings. The first kappa shape index (κ1) is 23.6. The van der Waals surface area contributed by atoms with Crippen molar-refractivity contribution in [2.45, 2.75) is 40.0 Å². The Balaban J connectivity index is 1.96. The number of fused-ring (bicyclic) bond motifs is 1. The van der Waals surface area contributed by atoms with Crippen molar-refractivity contribution in [3.8, 4) is 22.5 Å². The Morgan fingerprint density at radius 1 is 1.15 bits per heavy atom. The molecule has 1 aromatic carbocycles. The van der Waals surface area contributed by atoms with Gasteiger partial charge in [0.15, 0.2) is 10.8 Å². The number of carbonyl (C=O) groups excluding carboxylic acids is 1. The number of anilines is 1. The van der Waals surface area contributed by atoms with Gasteiger partial charge >= 0.3 is 6.03 Å². The molecule has 0 aliphatic heterocycles. The fraction of sp³-hybridized carbons (Fsp3) is 0.280. The molecule has 0 atom stereocenters. The number of amides is 2. The average molecular weight is 481 g/mol. The molecule has 0 saturated carbocycles. The molecular weight excluding hydrogens is 455 g/mol. The van der Waals surface area contributed by atoms with Gasteiger partial charge in [0.25, 0.3) is 0 Å². The second-order valence-corrected chi connectivity index (χ2v) is 9.41. The number of hydrogen-bond acceptors (Lipinski definition) is 4. The number of carbonyl (C=O) groups is 1. The highest BCUT2D eigenvalue weighted by molar-refractivity contribution is 6.30. The number of nitrogens with one attached hydrogen (secondary N) is 2. The fourth-order valence-electron chi connectivity index (χ4n) is 3.70. The fourth-order valence-corrected chi connectivity index (χ4v) is 4.11. The minimum atomic E-state index is -0.351. The van der Waals surface area contributed by atoms with Gasteiger partial charge in [0, 0.05) is 29.4 Å². The Morgan fingerprint density at radius 2 is 1.91 bits per heavy atom. The first-order valence-corrected chi connectivity index (χ1v) is 11.3. The quantitative estimate of drug-likeness (QED) is 0.375. The van der Waals surface area contributed by atoms with Crippen LogP contribution in [0.2, 0.25) is 5.15 Å². The van der Waals surface area contributed by atoms with Crippen molar-refractivity contribution in [3.05, 3.63) is 64.7 Å². The Kier molecular flexibility index (Phi) is 6.27. The van der Waals surface area contributed by atoms with Crippen molar-refractivity contribution >= 4 is 29.1 Å². The number of hydrogen-bond donors (Lipinski definition) is 2. The molecule has 0 aliphatic rings. The first-order chi connectivity index (χ1) is 16.1. The first-order valence-electron chi connectivity index (χ1n) is 11.0. The molecule has 2 amide bonds. The number of halogens is 2. The normalized spacial score (nSPS) is 11.6. The summed E-state index contributed by atoms with van der Waals surface area (Å²) in [6.45, 7) is 10.2. The van der Waals surface area contributed by atoms with E-state index in [9.17, 15) is 9.18 Å². The molecule has 0 unspecified atom stereocenters. The second-order valence-electron chi connectivity index (χ2n) is 9.06. The maximum atomic E-state index is 14.0. The van der Waals surface area contributed by atoms with Gasteiger partial charge in [-0.3, -0.25) is 5.32 Å². The van der Waals surface area contributed by atoms with E-state index in [1.165, 1.54) is 6.07 Å². The molecule has 0 spiro atoms. The summed E-state index contributed by atoms with van der Waals surface area (Å²) in [5.41, 5.74) is 4.49. The van der Waals surface area contributed by atoms with Gasteiger partial charge in [-0.25, -0.2) is 23.7 Å². The highest BCUT2D eigenvalue weighted by Gasteiger charge is 2.24. The smallest absolute Gasteiger partial charge is 0.320 e. The molecule has 34 heavy (non-hydrogen) atoms. The van der Waals surface area contributed by atoms with Crippen LogP contribution in [0, 0.1) is 12.7 Å². The highest BCUT2D eigenvalue weighted by atomic mass is 35.5. The lowest BCUT2D eigenvalue weighted by atomic mass is 9.88. The summed E-state index contributed by atoms with van der Waals surface area (Å²) in [5.74, 6) is 0.0830. The molecule has 2 N–H and O–H groups in total. The number of aryl methyl sites for hydroxylation is 1. The van der Waals surface area contributed by atoms with E-state index >= 15 is 0 Å². The molecule has 0 fully saturated rings. The number of imidazole rings is 1. The zero-order valence-corrected chi connectivity index (χ0v) is 20.5. The SMILES string of the molecule is CCNC(=O)Nc1cc(-c2c(-c3ccc(F)c(C)c3)nc3cc(C(C)(C)C)c(Cl)nn23)ccn1. The van der Waals surface area contributed by atoms with Gasteiger partial charge in [0.05, 0.1) is 5.69 Å². The Bertz CT molecular complexity index is 1390. The van der Waals surface area contributed by atoms with E-state index in [0.717, 1.165) is 16.7 Å². The molecule has 3 heterocycles. The lowest BCUT2D eigenvalue weighted by Gasteiger charge is -2.19. The van der Waals surface area contributed by atoms with Gasteiger partial charge in [0.2, 0.25) is 0 Å². The predicted molar refractivity (Wildman–Crippen MR) is 133 cm³/mol. The third-order valence-electron chi connectivity index (χ3n) is 5.41. The maximum absolute atomic E-state index is 14.0. The number of aromatic nitrogens is 4. The van der Waals surface area contributed by atoms with E-state index in [1.54, 1.807) is 41.9 Å². The van der Waals surface area contributed by atoms with Crippen LogP contribution in [-0.4, -0.2) is 32.2 Å². The molecule has 0 radical (unpaired) electrons. The van der Waals surface area contributed by atoms with Crippen LogP contribution >= 0.6 is 11.6 Å². The summed E-state index contributed by atoms with van der Waals surface area (Å²) in [4.78, 5) is 21.1. The van der Waals surface area contributed by atoms with Crippen molar-refractivity contribution in [2.24, 2.45) is 0 Å². The lowest BCUT2D eigenvalue weighted by molar-refractivity contribution is 0.252. The molecule has 0 saturated heterocycles. The van der Waals surface area contributed by atoms with Crippen LogP contribution in [0.4, 0.5) is 15.0 Å². The highest BCUT2D eigenvalue weighted by Crippen LogP contribution is 2.36. The van der Waals surface area contributed by atoms with Crippen LogP contribution in [0.3, 0.4) is 0 Å². The van der Waals surface area contributed by atoms with Crippen molar-refractivity contribution in [1.82, 2.24) is 24.9 Å². The van der Waals surface area contributed by atoms with E-state index in [4.69, 9.17) is 16.6 Å². The Hall–Kier alpha value is -3.52. The third-order valence-corrected chi connectivity index (χ3v) is 5.69. The van der Waals surface area contributed by atoms with E-state index in [0.29, 0.717) is 40.1 Å². The van der Waals surface area contributed by atoms with Crippen LogP contribution in [0.1, 0.15) is 38.8 Å². The Labute approximate surface area is 202 Å². The average Bonchev–Trinajstić information content (AvgIpc) is 3.13. The molecule has 9 heteroatoms. The van der Waals surface area contributed by atoms with Crippen molar-refractivity contribution < 1.29 is 9.18 Å². The summed E-state index contributed by atoms with van der Waals surface area (Å²) < 4.78 is 15.7. The summed E-state index contributed by atoms with van der Waals surface area (Å²) in [6.07, 6.45) is 1.60. The zero-order chi connectivity index (χ0) is 24.6. The topological polar surface area (TPSA) is 84.2 Å². The summed E-state index contributed by atoms with van der Waals surface area (Å²) in [5, 5.41) is 10.4. The molecule has 0 bridgehead atoms. The summed E-state index contributed by atoms with van der Waals surface area (Å²) in [7, 11) is 0. The minimum absolute atomic E-state index is 0.231. The standard InChI is InChI=1S/C25H26ClFN6O/c1-6-28-24(34)30-19-12-16(9-10-29-19)22-21(15-7-8-18(27)14(2)11-15)31-20-13-17(25(3,4)5)23(26)32-33(20)22/h7-13H,6H2,1-5H3,(H2,28,29,30,34). The van der Waals surface area contributed by atoms with Gasteiger partial charge in [-0.05, 0) is 61.2 Å². The van der Waals surface area contributed by atoms with Gasteiger partial charge < -0.3 is 5.32 Å². The number of rotatable bonds is 4. The molecule has 3 aromatic heterocycles. The molecule has 4 rings (SSSR count). The van der Waals surface area contributed by atoms with E-state index in [-0.39, 0.29) is 17.3 Å². The third kappa shape index (κ3) is 4.59. The molecule has 7 nitrogen and oxygen atoms in total. The van der Waals surface area contributed by atoms with Gasteiger partial charge in [-0.2, -0.15) is 5.10 Å². The second kappa shape index (κ2) is 9.02. The number of nitrogens with zero attached hydrogens (tertiary/aromatic N) is 4. The number of urea groups is 1. The van der Waals surface area contributed by atoms with E-state index < -0.39 is 0 Å². The van der Waals surface area contributed by atoms with E-state index in [2.05, 4.69) is 41.5 Å². The van der Waals surface area contributed by atoms with E-state index in [1.807, 2.05) is 13.0 Å². The van der Waals surface area contributed by atoms with Gasteiger partial charge in [-0.1, -0.05) is 32.4 Å². The van der Waals surface area contributed by atoms with Crippen LogP contribution in [0.5, 0.6) is 0 Å². The lowest BCUT2D eigenvalue weighted by Crippen LogP contribution is -2.28. The van der Waals surface area contributed by atoms with Crippen LogP contribution < -0.4 is 10.6 Å². The van der Waals surface area contributed by atoms with Crippen molar-refractivity contribution in [3.63, 3.8) is 0 Å². The van der Waals surface area contributed by atoms with Crippen LogP contribution in [-0.2, 0) is 5.41 Å². The summed E-state index contributed by atoms with van der Waals surface area (Å²) >= 11 is 6.60. The zero-order valence-electron chi connectivity index (χ0n) is 19.7. The van der Waals surface area contributed by atoms with Gasteiger partial charge in [-0.15, -0.1) is 0 Å². The van der Waals surface area contributed by atoms with Gasteiger partial charge in [0.1, 0.15) is 17.3 Å². The van der Waals surface area contributed by atoms with Crippen molar-refractivity contribution in [1.29, 1.82) is 0 Å². The molecule has 176 valence electrons. The minimum Gasteiger partial charge on any atom is -0.338 e. The largest absolute Gasteiger partial charge is 0.338 e. The number of benzene rings is 1. The molecular formula is C25H26ClFN6O. The van der Waals surface area contributed by atoms with Crippen LogP contribution in [0.25, 0.3) is 28.2 Å². The monoisotopic (exact) mass is 480 g/mol. The number of pyridine rings is 1. The Morgan fingerprint density at radius 3 is 2.59 bits per heavy atom.